The monoisotopic (exact) mass is 257 g/mol. The van der Waals surface area contributed by atoms with Crippen LogP contribution in [-0.2, 0) is 0 Å². The number of fused-ring (bicyclic) bond motifs is 1. The molecule has 1 unspecified atom stereocenters. The van der Waals surface area contributed by atoms with Crippen LogP contribution in [0, 0.1) is 0 Å². The van der Waals surface area contributed by atoms with Crippen molar-refractivity contribution in [2.45, 2.75) is 32.2 Å². The van der Waals surface area contributed by atoms with Crippen LogP contribution in [0.1, 0.15) is 26.2 Å². The van der Waals surface area contributed by atoms with Crippen LogP contribution >= 0.6 is 0 Å². The number of hydrogen-bond donors (Lipinski definition) is 0. The van der Waals surface area contributed by atoms with E-state index < -0.39 is 0 Å². The topological polar surface area (TPSA) is 38.3 Å². The summed E-state index contributed by atoms with van der Waals surface area (Å²) in [5.41, 5.74) is 0.976. The zero-order valence-corrected chi connectivity index (χ0v) is 11.5. The average molecular weight is 257 g/mol. The van der Waals surface area contributed by atoms with E-state index in [-0.39, 0.29) is 0 Å². The Kier molecular flexibility index (Phi) is 3.23. The second kappa shape index (κ2) is 5.03. The molecule has 0 spiro atoms. The van der Waals surface area contributed by atoms with Crippen LogP contribution < -0.4 is 9.64 Å². The molecule has 0 saturated carbocycles. The number of rotatable bonds is 2. The average Bonchev–Trinajstić information content (AvgIpc) is 2.47. The molecular formula is C15H19N3O. The van der Waals surface area contributed by atoms with E-state index in [4.69, 9.17) is 4.74 Å². The van der Waals surface area contributed by atoms with E-state index in [0.717, 1.165) is 29.0 Å². The second-order valence-corrected chi connectivity index (χ2v) is 5.12. The lowest BCUT2D eigenvalue weighted by molar-refractivity contribution is 0.415. The molecule has 2 heterocycles. The van der Waals surface area contributed by atoms with Crippen molar-refractivity contribution in [3.63, 3.8) is 0 Å². The predicted molar refractivity (Wildman–Crippen MR) is 76.7 cm³/mol. The number of anilines is 1. The van der Waals surface area contributed by atoms with Gasteiger partial charge in [-0.1, -0.05) is 0 Å². The predicted octanol–water partition coefficient (Wildman–Crippen LogP) is 3.02. The quantitative estimate of drug-likeness (QED) is 0.829. The molecule has 19 heavy (non-hydrogen) atoms. The third kappa shape index (κ3) is 2.23. The summed E-state index contributed by atoms with van der Waals surface area (Å²) < 4.78 is 5.32. The summed E-state index contributed by atoms with van der Waals surface area (Å²) >= 11 is 0. The van der Waals surface area contributed by atoms with Crippen molar-refractivity contribution < 1.29 is 4.74 Å². The maximum atomic E-state index is 5.32. The molecule has 1 aromatic carbocycles. The van der Waals surface area contributed by atoms with Crippen LogP contribution in [0.4, 0.5) is 5.82 Å². The van der Waals surface area contributed by atoms with E-state index in [9.17, 15) is 0 Å². The minimum atomic E-state index is 0.540. The zero-order chi connectivity index (χ0) is 13.2. The van der Waals surface area contributed by atoms with Crippen molar-refractivity contribution in [2.75, 3.05) is 18.6 Å². The van der Waals surface area contributed by atoms with Gasteiger partial charge in [-0.25, -0.2) is 9.97 Å². The molecule has 0 aliphatic carbocycles. The number of aromatic nitrogens is 2. The van der Waals surface area contributed by atoms with Gasteiger partial charge in [-0.3, -0.25) is 0 Å². The maximum absolute atomic E-state index is 5.32. The number of hydrogen-bond acceptors (Lipinski definition) is 4. The lowest BCUT2D eigenvalue weighted by atomic mass is 10.0. The Hall–Kier alpha value is -1.84. The van der Waals surface area contributed by atoms with Gasteiger partial charge in [-0.2, -0.15) is 0 Å². The molecule has 4 heteroatoms. The van der Waals surface area contributed by atoms with E-state index in [1.165, 1.54) is 19.3 Å². The normalized spacial score (nSPS) is 19.7. The van der Waals surface area contributed by atoms with E-state index in [2.05, 4.69) is 21.8 Å². The molecule has 100 valence electrons. The van der Waals surface area contributed by atoms with Crippen LogP contribution in [0.3, 0.4) is 0 Å². The first-order chi connectivity index (χ1) is 9.29. The van der Waals surface area contributed by atoms with Gasteiger partial charge in [0.05, 0.1) is 12.6 Å². The maximum Gasteiger partial charge on any atom is 0.140 e. The van der Waals surface area contributed by atoms with Gasteiger partial charge in [-0.05, 0) is 44.4 Å². The highest BCUT2D eigenvalue weighted by atomic mass is 16.5. The Morgan fingerprint density at radius 3 is 2.95 bits per heavy atom. The van der Waals surface area contributed by atoms with Crippen molar-refractivity contribution in [3.05, 3.63) is 24.5 Å². The van der Waals surface area contributed by atoms with Gasteiger partial charge in [0.25, 0.3) is 0 Å². The van der Waals surface area contributed by atoms with Crippen LogP contribution in [0.2, 0.25) is 0 Å². The molecular weight excluding hydrogens is 238 g/mol. The Morgan fingerprint density at radius 2 is 2.16 bits per heavy atom. The molecule has 4 nitrogen and oxygen atoms in total. The molecule has 1 fully saturated rings. The lowest BCUT2D eigenvalue weighted by Gasteiger charge is -2.34. The van der Waals surface area contributed by atoms with Gasteiger partial charge >= 0.3 is 0 Å². The highest BCUT2D eigenvalue weighted by molar-refractivity contribution is 5.90. The lowest BCUT2D eigenvalue weighted by Crippen LogP contribution is -2.38. The van der Waals surface area contributed by atoms with Crippen LogP contribution in [0.25, 0.3) is 10.9 Å². The molecule has 0 bridgehead atoms. The minimum Gasteiger partial charge on any atom is -0.497 e. The molecule has 1 atom stereocenters. The van der Waals surface area contributed by atoms with Crippen LogP contribution in [-0.4, -0.2) is 29.7 Å². The fourth-order valence-corrected chi connectivity index (χ4v) is 2.79. The second-order valence-electron chi connectivity index (χ2n) is 5.12. The fraction of sp³-hybridized carbons (Fsp3) is 0.467. The molecule has 1 aliphatic rings. The summed E-state index contributed by atoms with van der Waals surface area (Å²) in [4.78, 5) is 11.3. The summed E-state index contributed by atoms with van der Waals surface area (Å²) in [7, 11) is 1.69. The van der Waals surface area contributed by atoms with Gasteiger partial charge in [0.15, 0.2) is 0 Å². The largest absolute Gasteiger partial charge is 0.497 e. The molecule has 0 radical (unpaired) electrons. The molecule has 3 rings (SSSR count). The van der Waals surface area contributed by atoms with Gasteiger partial charge < -0.3 is 9.64 Å². The van der Waals surface area contributed by atoms with Crippen molar-refractivity contribution in [1.82, 2.24) is 9.97 Å². The Bertz CT molecular complexity index is 585. The molecule has 1 aliphatic heterocycles. The third-order valence-electron chi connectivity index (χ3n) is 3.90. The summed E-state index contributed by atoms with van der Waals surface area (Å²) in [6, 6.07) is 6.51. The first-order valence-corrected chi connectivity index (χ1v) is 6.85. The van der Waals surface area contributed by atoms with Crippen LogP contribution in [0.5, 0.6) is 5.75 Å². The summed E-state index contributed by atoms with van der Waals surface area (Å²) in [6.45, 7) is 3.35. The number of benzene rings is 1. The number of ether oxygens (including phenoxy) is 1. The molecule has 0 N–H and O–H groups in total. The summed E-state index contributed by atoms with van der Waals surface area (Å²) in [6.07, 6.45) is 5.44. The summed E-state index contributed by atoms with van der Waals surface area (Å²) in [5, 5.41) is 1.08. The van der Waals surface area contributed by atoms with Crippen molar-refractivity contribution >= 4 is 16.7 Å². The number of piperidine rings is 1. The van der Waals surface area contributed by atoms with E-state index >= 15 is 0 Å². The van der Waals surface area contributed by atoms with Gasteiger partial charge in [0.2, 0.25) is 0 Å². The van der Waals surface area contributed by atoms with Crippen molar-refractivity contribution in [1.29, 1.82) is 0 Å². The highest BCUT2D eigenvalue weighted by Crippen LogP contribution is 2.30. The fourth-order valence-electron chi connectivity index (χ4n) is 2.79. The van der Waals surface area contributed by atoms with Crippen LogP contribution in [0.15, 0.2) is 24.5 Å². The highest BCUT2D eigenvalue weighted by Gasteiger charge is 2.21. The van der Waals surface area contributed by atoms with E-state index in [1.807, 2.05) is 18.2 Å². The van der Waals surface area contributed by atoms with E-state index in [1.54, 1.807) is 13.4 Å². The molecule has 0 amide bonds. The van der Waals surface area contributed by atoms with Gasteiger partial charge in [-0.15, -0.1) is 0 Å². The molecule has 2 aromatic rings. The smallest absolute Gasteiger partial charge is 0.140 e. The summed E-state index contributed by atoms with van der Waals surface area (Å²) in [5.74, 6) is 1.89. The molecule has 1 aromatic heterocycles. The SMILES string of the molecule is COc1ccc2ncnc(N3CCCCC3C)c2c1. The van der Waals surface area contributed by atoms with Crippen molar-refractivity contribution in [3.8, 4) is 5.75 Å². The van der Waals surface area contributed by atoms with Gasteiger partial charge in [0, 0.05) is 18.0 Å². The van der Waals surface area contributed by atoms with E-state index in [0.29, 0.717) is 6.04 Å². The van der Waals surface area contributed by atoms with Crippen molar-refractivity contribution in [2.24, 2.45) is 0 Å². The standard InChI is InChI=1S/C15H19N3O/c1-11-5-3-4-8-18(11)15-13-9-12(19-2)6-7-14(13)16-10-17-15/h6-7,9-11H,3-5,8H2,1-2H3. The first kappa shape index (κ1) is 12.2. The van der Waals surface area contributed by atoms with Gasteiger partial charge in [0.1, 0.15) is 17.9 Å². The first-order valence-electron chi connectivity index (χ1n) is 6.85. The number of nitrogens with zero attached hydrogens (tertiary/aromatic N) is 3. The zero-order valence-electron chi connectivity index (χ0n) is 11.5. The Morgan fingerprint density at radius 1 is 1.26 bits per heavy atom. The molecule has 1 saturated heterocycles. The Balaban J connectivity index is 2.11. The third-order valence-corrected chi connectivity index (χ3v) is 3.90. The minimum absolute atomic E-state index is 0.540. The Labute approximate surface area is 113 Å². The number of methoxy groups -OCH3 is 1.